The van der Waals surface area contributed by atoms with Gasteiger partial charge in [-0.05, 0) is 51.1 Å². The van der Waals surface area contributed by atoms with Crippen LogP contribution in [0.4, 0.5) is 4.39 Å². The Morgan fingerprint density at radius 1 is 1.35 bits per heavy atom. The Morgan fingerprint density at radius 3 is 2.71 bits per heavy atom. The molecular formula is C14H21FN2. The Labute approximate surface area is 103 Å². The van der Waals surface area contributed by atoms with Crippen molar-refractivity contribution in [3.63, 3.8) is 0 Å². The second kappa shape index (κ2) is 5.61. The zero-order valence-corrected chi connectivity index (χ0v) is 10.6. The van der Waals surface area contributed by atoms with Crippen molar-refractivity contribution in [3.05, 3.63) is 35.6 Å². The SMILES string of the molecule is CC(NC1CCCN(C)C1)c1ccc(F)cc1. The van der Waals surface area contributed by atoms with Gasteiger partial charge in [-0.3, -0.25) is 0 Å². The number of rotatable bonds is 3. The van der Waals surface area contributed by atoms with Crippen LogP contribution < -0.4 is 5.32 Å². The molecule has 1 heterocycles. The van der Waals surface area contributed by atoms with Gasteiger partial charge in [-0.1, -0.05) is 12.1 Å². The number of halogens is 1. The van der Waals surface area contributed by atoms with Crippen LogP contribution in [-0.2, 0) is 0 Å². The number of hydrogen-bond acceptors (Lipinski definition) is 2. The molecule has 0 amide bonds. The number of nitrogens with one attached hydrogen (secondary N) is 1. The van der Waals surface area contributed by atoms with Crippen molar-refractivity contribution in [2.45, 2.75) is 31.8 Å². The van der Waals surface area contributed by atoms with Crippen molar-refractivity contribution in [1.82, 2.24) is 10.2 Å². The quantitative estimate of drug-likeness (QED) is 0.867. The minimum atomic E-state index is -0.168. The van der Waals surface area contributed by atoms with E-state index in [0.717, 1.165) is 12.1 Å². The first-order valence-electron chi connectivity index (χ1n) is 6.35. The van der Waals surface area contributed by atoms with Crippen LogP contribution in [0.2, 0.25) is 0 Å². The molecule has 2 nitrogen and oxygen atoms in total. The van der Waals surface area contributed by atoms with Crippen LogP contribution in [0.25, 0.3) is 0 Å². The summed E-state index contributed by atoms with van der Waals surface area (Å²) in [6, 6.07) is 7.61. The van der Waals surface area contributed by atoms with Gasteiger partial charge in [0.05, 0.1) is 0 Å². The van der Waals surface area contributed by atoms with Gasteiger partial charge in [-0.25, -0.2) is 4.39 Å². The molecular weight excluding hydrogens is 215 g/mol. The highest BCUT2D eigenvalue weighted by molar-refractivity contribution is 5.19. The molecule has 0 aliphatic carbocycles. The predicted octanol–water partition coefficient (Wildman–Crippen LogP) is 2.57. The number of hydrogen-bond donors (Lipinski definition) is 1. The van der Waals surface area contributed by atoms with Crippen LogP contribution in [0.1, 0.15) is 31.4 Å². The minimum Gasteiger partial charge on any atom is -0.306 e. The van der Waals surface area contributed by atoms with E-state index in [0.29, 0.717) is 6.04 Å². The predicted molar refractivity (Wildman–Crippen MR) is 68.5 cm³/mol. The molecule has 0 saturated carbocycles. The van der Waals surface area contributed by atoms with Gasteiger partial charge in [0.25, 0.3) is 0 Å². The number of nitrogens with zero attached hydrogens (tertiary/aromatic N) is 1. The molecule has 1 N–H and O–H groups in total. The maximum atomic E-state index is 12.8. The molecule has 1 aliphatic rings. The highest BCUT2D eigenvalue weighted by atomic mass is 19.1. The second-order valence-electron chi connectivity index (χ2n) is 5.04. The Balaban J connectivity index is 1.91. The average Bonchev–Trinajstić information content (AvgIpc) is 2.29. The lowest BCUT2D eigenvalue weighted by atomic mass is 10.0. The van der Waals surface area contributed by atoms with E-state index < -0.39 is 0 Å². The molecule has 94 valence electrons. The Bertz CT molecular complexity index is 350. The van der Waals surface area contributed by atoms with Crippen molar-refractivity contribution < 1.29 is 4.39 Å². The first-order valence-corrected chi connectivity index (χ1v) is 6.35. The maximum Gasteiger partial charge on any atom is 0.123 e. The Morgan fingerprint density at radius 2 is 2.06 bits per heavy atom. The van der Waals surface area contributed by atoms with Crippen molar-refractivity contribution in [3.8, 4) is 0 Å². The standard InChI is InChI=1S/C14H21FN2/c1-11(12-5-7-13(15)8-6-12)16-14-4-3-9-17(2)10-14/h5-8,11,14,16H,3-4,9-10H2,1-2H3. The summed E-state index contributed by atoms with van der Waals surface area (Å²) >= 11 is 0. The molecule has 0 aromatic heterocycles. The number of piperidine rings is 1. The normalized spacial score (nSPS) is 23.6. The molecule has 1 saturated heterocycles. The third-order valence-corrected chi connectivity index (χ3v) is 3.48. The van der Waals surface area contributed by atoms with Crippen molar-refractivity contribution in [2.75, 3.05) is 20.1 Å². The lowest BCUT2D eigenvalue weighted by molar-refractivity contribution is 0.218. The fraction of sp³-hybridized carbons (Fsp3) is 0.571. The first-order chi connectivity index (χ1) is 8.15. The van der Waals surface area contributed by atoms with E-state index in [1.165, 1.54) is 31.5 Å². The van der Waals surface area contributed by atoms with Crippen LogP contribution in [0, 0.1) is 5.82 Å². The molecule has 0 bridgehead atoms. The van der Waals surface area contributed by atoms with E-state index >= 15 is 0 Å². The summed E-state index contributed by atoms with van der Waals surface area (Å²) in [5, 5.41) is 3.62. The fourth-order valence-electron chi connectivity index (χ4n) is 2.50. The summed E-state index contributed by atoms with van der Waals surface area (Å²) in [6.45, 7) is 4.44. The molecule has 0 spiro atoms. The van der Waals surface area contributed by atoms with Crippen molar-refractivity contribution in [1.29, 1.82) is 0 Å². The fourth-order valence-corrected chi connectivity index (χ4v) is 2.50. The van der Waals surface area contributed by atoms with Gasteiger partial charge in [0.15, 0.2) is 0 Å². The third kappa shape index (κ3) is 3.51. The van der Waals surface area contributed by atoms with E-state index in [-0.39, 0.29) is 11.9 Å². The zero-order chi connectivity index (χ0) is 12.3. The van der Waals surface area contributed by atoms with E-state index in [1.807, 2.05) is 12.1 Å². The second-order valence-corrected chi connectivity index (χ2v) is 5.04. The average molecular weight is 236 g/mol. The van der Waals surface area contributed by atoms with Gasteiger partial charge in [0.2, 0.25) is 0 Å². The topological polar surface area (TPSA) is 15.3 Å². The van der Waals surface area contributed by atoms with Gasteiger partial charge < -0.3 is 10.2 Å². The van der Waals surface area contributed by atoms with Crippen LogP contribution in [-0.4, -0.2) is 31.1 Å². The molecule has 1 fully saturated rings. The molecule has 0 radical (unpaired) electrons. The first kappa shape index (κ1) is 12.5. The summed E-state index contributed by atoms with van der Waals surface area (Å²) < 4.78 is 12.8. The molecule has 2 atom stereocenters. The number of benzene rings is 1. The van der Waals surface area contributed by atoms with Gasteiger partial charge >= 0.3 is 0 Å². The molecule has 1 aliphatic heterocycles. The van der Waals surface area contributed by atoms with E-state index in [9.17, 15) is 4.39 Å². The molecule has 1 aromatic carbocycles. The molecule has 2 rings (SSSR count). The van der Waals surface area contributed by atoms with Crippen LogP contribution in [0.3, 0.4) is 0 Å². The zero-order valence-electron chi connectivity index (χ0n) is 10.6. The van der Waals surface area contributed by atoms with Gasteiger partial charge in [0, 0.05) is 18.6 Å². The van der Waals surface area contributed by atoms with Gasteiger partial charge in [0.1, 0.15) is 5.82 Å². The molecule has 17 heavy (non-hydrogen) atoms. The molecule has 2 unspecified atom stereocenters. The number of likely N-dealkylation sites (N-methyl/N-ethyl adjacent to an activating group) is 1. The van der Waals surface area contributed by atoms with E-state index in [4.69, 9.17) is 0 Å². The Kier molecular flexibility index (Phi) is 4.13. The van der Waals surface area contributed by atoms with Crippen LogP contribution >= 0.6 is 0 Å². The van der Waals surface area contributed by atoms with Gasteiger partial charge in [-0.2, -0.15) is 0 Å². The monoisotopic (exact) mass is 236 g/mol. The molecule has 3 heteroatoms. The Hall–Kier alpha value is -0.930. The van der Waals surface area contributed by atoms with Crippen LogP contribution in [0.15, 0.2) is 24.3 Å². The van der Waals surface area contributed by atoms with E-state index in [2.05, 4.69) is 24.2 Å². The van der Waals surface area contributed by atoms with Crippen molar-refractivity contribution >= 4 is 0 Å². The van der Waals surface area contributed by atoms with Crippen LogP contribution in [0.5, 0.6) is 0 Å². The number of likely N-dealkylation sites (tertiary alicyclic amines) is 1. The lowest BCUT2D eigenvalue weighted by Crippen LogP contribution is -2.44. The lowest BCUT2D eigenvalue weighted by Gasteiger charge is -2.32. The third-order valence-electron chi connectivity index (χ3n) is 3.48. The summed E-state index contributed by atoms with van der Waals surface area (Å²) in [6.07, 6.45) is 2.49. The minimum absolute atomic E-state index is 0.168. The summed E-state index contributed by atoms with van der Waals surface area (Å²) in [4.78, 5) is 2.36. The highest BCUT2D eigenvalue weighted by Gasteiger charge is 2.19. The highest BCUT2D eigenvalue weighted by Crippen LogP contribution is 2.16. The summed E-state index contributed by atoms with van der Waals surface area (Å²) in [7, 11) is 2.16. The van der Waals surface area contributed by atoms with Gasteiger partial charge in [-0.15, -0.1) is 0 Å². The summed E-state index contributed by atoms with van der Waals surface area (Å²) in [5.41, 5.74) is 1.15. The van der Waals surface area contributed by atoms with E-state index in [1.54, 1.807) is 0 Å². The smallest absolute Gasteiger partial charge is 0.123 e. The summed E-state index contributed by atoms with van der Waals surface area (Å²) in [5.74, 6) is -0.168. The molecule has 1 aromatic rings. The van der Waals surface area contributed by atoms with Crippen molar-refractivity contribution in [2.24, 2.45) is 0 Å². The maximum absolute atomic E-state index is 12.8. The largest absolute Gasteiger partial charge is 0.306 e.